The van der Waals surface area contributed by atoms with E-state index < -0.39 is 18.2 Å². The summed E-state index contributed by atoms with van der Waals surface area (Å²) in [5, 5.41) is 0. The molecule has 4 nitrogen and oxygen atoms in total. The van der Waals surface area contributed by atoms with Crippen LogP contribution >= 0.6 is 0 Å². The molecule has 0 bridgehead atoms. The minimum absolute atomic E-state index is 0.0418. The van der Waals surface area contributed by atoms with Gasteiger partial charge in [0, 0.05) is 0 Å². The molecule has 0 aromatic heterocycles. The first-order valence-corrected chi connectivity index (χ1v) is 5.49. The van der Waals surface area contributed by atoms with Crippen molar-refractivity contribution in [3.63, 3.8) is 0 Å². The zero-order valence-corrected chi connectivity index (χ0v) is 9.91. The van der Waals surface area contributed by atoms with Crippen LogP contribution in [-0.4, -0.2) is 18.9 Å². The fraction of sp³-hybridized carbons (Fsp3) is 0.417. The molecule has 98 valence electrons. The molecule has 0 spiro atoms. The summed E-state index contributed by atoms with van der Waals surface area (Å²) in [6.45, 7) is 3.60. The summed E-state index contributed by atoms with van der Waals surface area (Å²) >= 11 is 0. The molecule has 1 aromatic rings. The number of ether oxygens (including phenoxy) is 3. The molecule has 0 fully saturated rings. The van der Waals surface area contributed by atoms with Crippen molar-refractivity contribution in [2.24, 2.45) is 0 Å². The van der Waals surface area contributed by atoms with Crippen LogP contribution in [0.4, 0.5) is 8.78 Å². The number of alkyl halides is 2. The number of hydrogen-bond acceptors (Lipinski definition) is 4. The van der Waals surface area contributed by atoms with Gasteiger partial charge in [-0.15, -0.1) is 8.78 Å². The Kier molecular flexibility index (Phi) is 3.11. The lowest BCUT2D eigenvalue weighted by molar-refractivity contribution is -0.286. The Labute approximate surface area is 102 Å². The van der Waals surface area contributed by atoms with Crippen LogP contribution in [-0.2, 0) is 9.53 Å². The highest BCUT2D eigenvalue weighted by Gasteiger charge is 2.43. The summed E-state index contributed by atoms with van der Waals surface area (Å²) in [5.41, 5.74) is 0.536. The fourth-order valence-electron chi connectivity index (χ4n) is 1.64. The van der Waals surface area contributed by atoms with Gasteiger partial charge in [-0.05, 0) is 31.5 Å². The van der Waals surface area contributed by atoms with Gasteiger partial charge in [0.2, 0.25) is 0 Å². The highest BCUT2D eigenvalue weighted by Crippen LogP contribution is 2.42. The predicted octanol–water partition coefficient (Wildman–Crippen LogP) is 2.67. The molecule has 1 aliphatic rings. The molecule has 0 radical (unpaired) electrons. The number of carbonyl (C=O) groups is 1. The second-order valence-corrected chi connectivity index (χ2v) is 3.85. The van der Waals surface area contributed by atoms with Crippen molar-refractivity contribution < 1.29 is 27.8 Å². The van der Waals surface area contributed by atoms with Gasteiger partial charge in [0.05, 0.1) is 12.5 Å². The quantitative estimate of drug-likeness (QED) is 0.782. The number of esters is 1. The first-order chi connectivity index (χ1) is 8.43. The molecule has 1 atom stereocenters. The van der Waals surface area contributed by atoms with Gasteiger partial charge in [-0.25, -0.2) is 0 Å². The van der Waals surface area contributed by atoms with Gasteiger partial charge in [-0.2, -0.15) is 0 Å². The summed E-state index contributed by atoms with van der Waals surface area (Å²) in [6, 6.07) is 4.24. The molecule has 0 amide bonds. The summed E-state index contributed by atoms with van der Waals surface area (Å²) in [5.74, 6) is -1.08. The molecule has 0 saturated heterocycles. The molecular weight excluding hydrogens is 246 g/mol. The van der Waals surface area contributed by atoms with Crippen LogP contribution in [0.1, 0.15) is 25.3 Å². The van der Waals surface area contributed by atoms with Crippen LogP contribution < -0.4 is 9.47 Å². The van der Waals surface area contributed by atoms with E-state index >= 15 is 0 Å². The van der Waals surface area contributed by atoms with E-state index in [1.54, 1.807) is 13.8 Å². The highest BCUT2D eigenvalue weighted by atomic mass is 19.3. The van der Waals surface area contributed by atoms with Crippen molar-refractivity contribution in [1.82, 2.24) is 0 Å². The Hall–Kier alpha value is -1.85. The van der Waals surface area contributed by atoms with Crippen LogP contribution in [0.5, 0.6) is 11.5 Å². The van der Waals surface area contributed by atoms with Crippen molar-refractivity contribution in [1.29, 1.82) is 0 Å². The zero-order valence-electron chi connectivity index (χ0n) is 9.91. The Morgan fingerprint density at radius 1 is 1.39 bits per heavy atom. The number of carbonyl (C=O) groups excluding carboxylic acids is 1. The lowest BCUT2D eigenvalue weighted by atomic mass is 10.0. The second-order valence-electron chi connectivity index (χ2n) is 3.85. The zero-order chi connectivity index (χ0) is 13.3. The van der Waals surface area contributed by atoms with Crippen molar-refractivity contribution >= 4 is 5.97 Å². The summed E-state index contributed by atoms with van der Waals surface area (Å²) in [4.78, 5) is 11.5. The first kappa shape index (κ1) is 12.6. The van der Waals surface area contributed by atoms with E-state index in [-0.39, 0.29) is 18.1 Å². The van der Waals surface area contributed by atoms with E-state index in [4.69, 9.17) is 4.74 Å². The number of hydrogen-bond donors (Lipinski definition) is 0. The van der Waals surface area contributed by atoms with Gasteiger partial charge >= 0.3 is 12.3 Å². The third kappa shape index (κ3) is 2.37. The highest BCUT2D eigenvalue weighted by molar-refractivity contribution is 5.78. The van der Waals surface area contributed by atoms with Gasteiger partial charge in [0.25, 0.3) is 0 Å². The van der Waals surface area contributed by atoms with E-state index in [1.165, 1.54) is 18.2 Å². The Bertz CT molecular complexity index is 473. The molecule has 0 saturated carbocycles. The summed E-state index contributed by atoms with van der Waals surface area (Å²) < 4.78 is 39.1. The average molecular weight is 258 g/mol. The third-order valence-electron chi connectivity index (χ3n) is 2.57. The van der Waals surface area contributed by atoms with Gasteiger partial charge in [-0.1, -0.05) is 6.07 Å². The SMILES string of the molecule is CCOC(=O)C(C)c1ccc2c(c1)OC(F)(F)O2. The van der Waals surface area contributed by atoms with Crippen LogP contribution in [0.15, 0.2) is 18.2 Å². The number of rotatable bonds is 3. The second kappa shape index (κ2) is 4.44. The topological polar surface area (TPSA) is 44.8 Å². The minimum atomic E-state index is -3.64. The van der Waals surface area contributed by atoms with E-state index in [2.05, 4.69) is 9.47 Å². The summed E-state index contributed by atoms with van der Waals surface area (Å²) in [7, 11) is 0. The van der Waals surface area contributed by atoms with Gasteiger partial charge in [-0.3, -0.25) is 4.79 Å². The Morgan fingerprint density at radius 2 is 2.06 bits per heavy atom. The fourth-order valence-corrected chi connectivity index (χ4v) is 1.64. The van der Waals surface area contributed by atoms with E-state index in [1.807, 2.05) is 0 Å². The van der Waals surface area contributed by atoms with Crippen LogP contribution in [0, 0.1) is 0 Å². The molecule has 1 unspecified atom stereocenters. The molecule has 1 aliphatic heterocycles. The van der Waals surface area contributed by atoms with Crippen molar-refractivity contribution in [2.75, 3.05) is 6.61 Å². The molecule has 0 aliphatic carbocycles. The summed E-state index contributed by atoms with van der Waals surface area (Å²) in [6.07, 6.45) is -3.64. The molecule has 0 N–H and O–H groups in total. The molecule has 1 aromatic carbocycles. The van der Waals surface area contributed by atoms with E-state index in [9.17, 15) is 13.6 Å². The largest absolute Gasteiger partial charge is 0.586 e. The number of fused-ring (bicyclic) bond motifs is 1. The lowest BCUT2D eigenvalue weighted by Gasteiger charge is -2.10. The van der Waals surface area contributed by atoms with Crippen LogP contribution in [0.3, 0.4) is 0 Å². The average Bonchev–Trinajstić information content (AvgIpc) is 2.60. The monoisotopic (exact) mass is 258 g/mol. The maximum absolute atomic E-state index is 12.8. The maximum atomic E-state index is 12.8. The standard InChI is InChI=1S/C12H12F2O4/c1-3-16-11(15)7(2)8-4-5-9-10(6-8)18-12(13,14)17-9/h4-7H,3H2,1-2H3. The Balaban J connectivity index is 2.21. The predicted molar refractivity (Wildman–Crippen MR) is 57.7 cm³/mol. The maximum Gasteiger partial charge on any atom is 0.586 e. The number of halogens is 2. The van der Waals surface area contributed by atoms with Crippen LogP contribution in [0.2, 0.25) is 0 Å². The number of benzene rings is 1. The van der Waals surface area contributed by atoms with Crippen LogP contribution in [0.25, 0.3) is 0 Å². The molecule has 6 heteroatoms. The van der Waals surface area contributed by atoms with E-state index in [0.29, 0.717) is 5.56 Å². The molecule has 18 heavy (non-hydrogen) atoms. The van der Waals surface area contributed by atoms with Gasteiger partial charge in [0.1, 0.15) is 0 Å². The van der Waals surface area contributed by atoms with Crippen molar-refractivity contribution in [2.45, 2.75) is 26.1 Å². The third-order valence-corrected chi connectivity index (χ3v) is 2.57. The first-order valence-electron chi connectivity index (χ1n) is 5.49. The van der Waals surface area contributed by atoms with Crippen molar-refractivity contribution in [3.05, 3.63) is 23.8 Å². The lowest BCUT2D eigenvalue weighted by Crippen LogP contribution is -2.25. The van der Waals surface area contributed by atoms with E-state index in [0.717, 1.165) is 0 Å². The molecular formula is C12H12F2O4. The molecule has 1 heterocycles. The Morgan fingerprint density at radius 3 is 2.72 bits per heavy atom. The van der Waals surface area contributed by atoms with Crippen molar-refractivity contribution in [3.8, 4) is 11.5 Å². The minimum Gasteiger partial charge on any atom is -0.466 e. The normalized spacial score (nSPS) is 17.3. The van der Waals surface area contributed by atoms with Gasteiger partial charge in [0.15, 0.2) is 11.5 Å². The molecule has 2 rings (SSSR count). The van der Waals surface area contributed by atoms with Gasteiger partial charge < -0.3 is 14.2 Å². The smallest absolute Gasteiger partial charge is 0.466 e.